The minimum Gasteiger partial charge on any atom is -0.462 e. The van der Waals surface area contributed by atoms with Crippen LogP contribution in [0.2, 0.25) is 0 Å². The summed E-state index contributed by atoms with van der Waals surface area (Å²) in [5.41, 5.74) is 1.33. The van der Waals surface area contributed by atoms with Crippen LogP contribution in [-0.2, 0) is 14.3 Å². The van der Waals surface area contributed by atoms with Crippen LogP contribution in [0.3, 0.4) is 0 Å². The maximum atomic E-state index is 12.2. The van der Waals surface area contributed by atoms with Crippen molar-refractivity contribution < 1.29 is 19.1 Å². The number of morpholine rings is 1. The Morgan fingerprint density at radius 1 is 1.27 bits per heavy atom. The van der Waals surface area contributed by atoms with E-state index in [0.29, 0.717) is 17.2 Å². The minimum absolute atomic E-state index is 0.150. The fourth-order valence-electron chi connectivity index (χ4n) is 2.79. The molecule has 2 rings (SSSR count). The molecule has 1 aromatic rings. The average molecular weight is 384 g/mol. The zero-order valence-corrected chi connectivity index (χ0v) is 16.7. The van der Waals surface area contributed by atoms with Gasteiger partial charge in [-0.15, -0.1) is 11.3 Å². The van der Waals surface area contributed by atoms with Crippen LogP contribution in [0.25, 0.3) is 0 Å². The van der Waals surface area contributed by atoms with Gasteiger partial charge in [0.05, 0.1) is 31.9 Å². The molecule has 0 saturated carbocycles. The van der Waals surface area contributed by atoms with E-state index in [-0.39, 0.29) is 18.4 Å². The van der Waals surface area contributed by atoms with Crippen LogP contribution in [0.1, 0.15) is 34.1 Å². The molecule has 1 aliphatic rings. The van der Waals surface area contributed by atoms with Gasteiger partial charge in [-0.05, 0) is 45.8 Å². The van der Waals surface area contributed by atoms with E-state index in [2.05, 4.69) is 15.5 Å². The molecule has 146 valence electrons. The third kappa shape index (κ3) is 6.05. The molecule has 2 N–H and O–H groups in total. The predicted octanol–water partition coefficient (Wildman–Crippen LogP) is 1.79. The lowest BCUT2D eigenvalue weighted by Gasteiger charge is -2.26. The van der Waals surface area contributed by atoms with Crippen LogP contribution < -0.4 is 10.6 Å². The monoisotopic (exact) mass is 383 g/mol. The first-order valence-electron chi connectivity index (χ1n) is 9.10. The molecule has 1 aromatic heterocycles. The minimum atomic E-state index is -0.386. The van der Waals surface area contributed by atoms with Crippen molar-refractivity contribution in [3.05, 3.63) is 16.0 Å². The Bertz CT molecular complexity index is 612. The smallest absolute Gasteiger partial charge is 0.341 e. The summed E-state index contributed by atoms with van der Waals surface area (Å²) >= 11 is 1.41. The summed E-state index contributed by atoms with van der Waals surface area (Å²) in [7, 11) is 0. The molecule has 0 unspecified atom stereocenters. The van der Waals surface area contributed by atoms with E-state index in [1.165, 1.54) is 11.3 Å². The van der Waals surface area contributed by atoms with Crippen LogP contribution in [0.15, 0.2) is 0 Å². The second-order valence-electron chi connectivity index (χ2n) is 6.24. The van der Waals surface area contributed by atoms with Crippen LogP contribution in [0, 0.1) is 13.8 Å². The number of hydrogen-bond acceptors (Lipinski definition) is 7. The lowest BCUT2D eigenvalue weighted by molar-refractivity contribution is -0.115. The average Bonchev–Trinajstić information content (AvgIpc) is 2.89. The number of rotatable bonds is 9. The number of carbonyl (C=O) groups excluding carboxylic acids is 2. The second-order valence-corrected chi connectivity index (χ2v) is 7.47. The van der Waals surface area contributed by atoms with E-state index in [0.717, 1.165) is 56.3 Å². The van der Waals surface area contributed by atoms with E-state index in [9.17, 15) is 9.59 Å². The highest BCUT2D eigenvalue weighted by molar-refractivity contribution is 7.16. The topological polar surface area (TPSA) is 79.9 Å². The quantitative estimate of drug-likeness (QED) is 0.500. The van der Waals surface area contributed by atoms with Crippen LogP contribution in [0.4, 0.5) is 5.00 Å². The lowest BCUT2D eigenvalue weighted by atomic mass is 10.1. The Morgan fingerprint density at radius 2 is 2.00 bits per heavy atom. The molecular formula is C18H29N3O4S. The highest BCUT2D eigenvalue weighted by Gasteiger charge is 2.21. The summed E-state index contributed by atoms with van der Waals surface area (Å²) in [6.45, 7) is 11.5. The second kappa shape index (κ2) is 10.6. The Kier molecular flexibility index (Phi) is 8.50. The largest absolute Gasteiger partial charge is 0.462 e. The van der Waals surface area contributed by atoms with Crippen molar-refractivity contribution >= 4 is 28.2 Å². The predicted molar refractivity (Wildman–Crippen MR) is 103 cm³/mol. The summed E-state index contributed by atoms with van der Waals surface area (Å²) in [5, 5.41) is 6.57. The van der Waals surface area contributed by atoms with E-state index in [4.69, 9.17) is 9.47 Å². The normalized spacial score (nSPS) is 15.0. The molecule has 8 heteroatoms. The zero-order valence-electron chi connectivity index (χ0n) is 15.9. The zero-order chi connectivity index (χ0) is 18.9. The van der Waals surface area contributed by atoms with Crippen molar-refractivity contribution in [2.75, 3.05) is 57.9 Å². The molecular weight excluding hydrogens is 354 g/mol. The van der Waals surface area contributed by atoms with Gasteiger partial charge in [0.2, 0.25) is 5.91 Å². The summed E-state index contributed by atoms with van der Waals surface area (Å²) in [4.78, 5) is 27.7. The van der Waals surface area contributed by atoms with Crippen molar-refractivity contribution in [2.45, 2.75) is 27.2 Å². The number of nitrogens with zero attached hydrogens (tertiary/aromatic N) is 1. The molecule has 0 radical (unpaired) electrons. The SMILES string of the molecule is CCOC(=O)c1c(NC(=O)CNCCCN2CCOCC2)sc(C)c1C. The van der Waals surface area contributed by atoms with Crippen molar-refractivity contribution in [1.29, 1.82) is 0 Å². The van der Waals surface area contributed by atoms with E-state index >= 15 is 0 Å². The van der Waals surface area contributed by atoms with Gasteiger partial charge in [0.15, 0.2) is 0 Å². The maximum absolute atomic E-state index is 12.2. The van der Waals surface area contributed by atoms with E-state index in [1.54, 1.807) is 6.92 Å². The van der Waals surface area contributed by atoms with Crippen LogP contribution in [-0.4, -0.2) is 69.3 Å². The molecule has 0 atom stereocenters. The number of nitrogens with one attached hydrogen (secondary N) is 2. The number of amides is 1. The maximum Gasteiger partial charge on any atom is 0.341 e. The number of thiophene rings is 1. The van der Waals surface area contributed by atoms with Crippen molar-refractivity contribution in [3.8, 4) is 0 Å². The lowest BCUT2D eigenvalue weighted by Crippen LogP contribution is -2.38. The summed E-state index contributed by atoms with van der Waals surface area (Å²) < 4.78 is 10.4. The summed E-state index contributed by atoms with van der Waals surface area (Å²) in [5.74, 6) is -0.536. The summed E-state index contributed by atoms with van der Waals surface area (Å²) in [6, 6.07) is 0. The first-order valence-corrected chi connectivity index (χ1v) is 9.92. The van der Waals surface area contributed by atoms with Gasteiger partial charge in [0.25, 0.3) is 0 Å². The highest BCUT2D eigenvalue weighted by Crippen LogP contribution is 2.32. The molecule has 0 bridgehead atoms. The molecule has 1 aliphatic heterocycles. The molecule has 0 aliphatic carbocycles. The number of esters is 1. The van der Waals surface area contributed by atoms with Crippen molar-refractivity contribution in [1.82, 2.24) is 10.2 Å². The van der Waals surface area contributed by atoms with Gasteiger partial charge in [0, 0.05) is 18.0 Å². The number of ether oxygens (including phenoxy) is 2. The number of hydrogen-bond donors (Lipinski definition) is 2. The fraction of sp³-hybridized carbons (Fsp3) is 0.667. The Labute approximate surface area is 159 Å². The number of anilines is 1. The van der Waals surface area contributed by atoms with Gasteiger partial charge >= 0.3 is 5.97 Å². The highest BCUT2D eigenvalue weighted by atomic mass is 32.1. The van der Waals surface area contributed by atoms with Gasteiger partial charge in [-0.3, -0.25) is 9.69 Å². The van der Waals surface area contributed by atoms with Gasteiger partial charge in [-0.25, -0.2) is 4.79 Å². The molecule has 0 spiro atoms. The van der Waals surface area contributed by atoms with Crippen molar-refractivity contribution in [3.63, 3.8) is 0 Å². The summed E-state index contributed by atoms with van der Waals surface area (Å²) in [6.07, 6.45) is 0.985. The standard InChI is InChI=1S/C18H29N3O4S/c1-4-25-18(23)16-13(2)14(3)26-17(16)20-15(22)12-19-6-5-7-21-8-10-24-11-9-21/h19H,4-12H2,1-3H3,(H,20,22). The van der Waals surface area contributed by atoms with Crippen LogP contribution >= 0.6 is 11.3 Å². The molecule has 26 heavy (non-hydrogen) atoms. The van der Waals surface area contributed by atoms with Crippen molar-refractivity contribution in [2.24, 2.45) is 0 Å². The first-order chi connectivity index (χ1) is 12.5. The van der Waals surface area contributed by atoms with E-state index < -0.39 is 0 Å². The van der Waals surface area contributed by atoms with Crippen LogP contribution in [0.5, 0.6) is 0 Å². The van der Waals surface area contributed by atoms with E-state index in [1.807, 2.05) is 13.8 Å². The first kappa shape index (κ1) is 20.8. The number of aryl methyl sites for hydroxylation is 1. The fourth-order valence-corrected chi connectivity index (χ4v) is 3.85. The number of carbonyl (C=O) groups is 2. The molecule has 1 fully saturated rings. The molecule has 7 nitrogen and oxygen atoms in total. The van der Waals surface area contributed by atoms with Gasteiger partial charge in [-0.1, -0.05) is 0 Å². The third-order valence-corrected chi connectivity index (χ3v) is 5.46. The molecule has 1 amide bonds. The van der Waals surface area contributed by atoms with Gasteiger partial charge < -0.3 is 20.1 Å². The third-order valence-electron chi connectivity index (χ3n) is 4.33. The Balaban J connectivity index is 1.75. The van der Waals surface area contributed by atoms with Gasteiger partial charge in [0.1, 0.15) is 5.00 Å². The Hall–Kier alpha value is -1.48. The Morgan fingerprint density at radius 3 is 2.69 bits per heavy atom. The van der Waals surface area contributed by atoms with Gasteiger partial charge in [-0.2, -0.15) is 0 Å². The molecule has 0 aromatic carbocycles. The molecule has 2 heterocycles. The molecule has 1 saturated heterocycles.